The number of Topliss-reactive ketones (excluding diaryl/α,β-unsaturated/α-hetero) is 1. The lowest BCUT2D eigenvalue weighted by molar-refractivity contribution is -0.158. The summed E-state index contributed by atoms with van der Waals surface area (Å²) in [6.07, 6.45) is -0.360. The van der Waals surface area contributed by atoms with E-state index in [1.54, 1.807) is 6.92 Å². The molecule has 6 nitrogen and oxygen atoms in total. The average Bonchev–Trinajstić information content (AvgIpc) is 3.20. The number of nitrogens with one attached hydrogen (secondary N) is 1. The molecule has 0 aliphatic carbocycles. The maximum Gasteiger partial charge on any atom is 0.323 e. The van der Waals surface area contributed by atoms with E-state index in [0.717, 1.165) is 5.56 Å². The largest absolute Gasteiger partial charge is 0.464 e. The van der Waals surface area contributed by atoms with Gasteiger partial charge < -0.3 is 14.2 Å². The van der Waals surface area contributed by atoms with Crippen LogP contribution < -0.4 is 5.32 Å². The lowest BCUT2D eigenvalue weighted by Gasteiger charge is -2.28. The molecule has 2 aliphatic rings. The van der Waals surface area contributed by atoms with Crippen LogP contribution in [0.2, 0.25) is 0 Å². The summed E-state index contributed by atoms with van der Waals surface area (Å²) in [6.45, 7) is 9.95. The van der Waals surface area contributed by atoms with Crippen LogP contribution in [-0.2, 0) is 23.8 Å². The maximum absolute atomic E-state index is 12.9. The number of carbonyl (C=O) groups is 2. The first-order chi connectivity index (χ1) is 13.2. The van der Waals surface area contributed by atoms with Crippen LogP contribution in [0.15, 0.2) is 30.3 Å². The van der Waals surface area contributed by atoms with E-state index in [0.29, 0.717) is 13.2 Å². The molecule has 0 unspecified atom stereocenters. The minimum Gasteiger partial charge on any atom is -0.464 e. The van der Waals surface area contributed by atoms with Crippen molar-refractivity contribution in [1.29, 1.82) is 0 Å². The molecule has 2 fully saturated rings. The van der Waals surface area contributed by atoms with Crippen LogP contribution in [0.3, 0.4) is 0 Å². The molecule has 28 heavy (non-hydrogen) atoms. The summed E-state index contributed by atoms with van der Waals surface area (Å²) in [7, 11) is 0. The van der Waals surface area contributed by atoms with Gasteiger partial charge in [-0.25, -0.2) is 0 Å². The number of esters is 1. The number of rotatable bonds is 6. The molecule has 154 valence electrons. The normalized spacial score (nSPS) is 31.9. The fourth-order valence-electron chi connectivity index (χ4n) is 4.22. The third kappa shape index (κ3) is 4.45. The van der Waals surface area contributed by atoms with Gasteiger partial charge >= 0.3 is 5.97 Å². The van der Waals surface area contributed by atoms with Gasteiger partial charge in [0.25, 0.3) is 0 Å². The van der Waals surface area contributed by atoms with Crippen LogP contribution in [0, 0.1) is 17.8 Å². The summed E-state index contributed by atoms with van der Waals surface area (Å²) in [5.74, 6) is -1.56. The first kappa shape index (κ1) is 21.0. The molecule has 2 aliphatic heterocycles. The summed E-state index contributed by atoms with van der Waals surface area (Å²) >= 11 is 0. The highest BCUT2D eigenvalue weighted by Crippen LogP contribution is 2.43. The van der Waals surface area contributed by atoms with Crippen molar-refractivity contribution in [3.8, 4) is 0 Å². The lowest BCUT2D eigenvalue weighted by atomic mass is 9.79. The van der Waals surface area contributed by atoms with Crippen LogP contribution >= 0.6 is 0 Å². The topological polar surface area (TPSA) is 73.9 Å². The highest BCUT2D eigenvalue weighted by atomic mass is 16.7. The van der Waals surface area contributed by atoms with Gasteiger partial charge in [0.05, 0.1) is 19.3 Å². The molecule has 2 saturated heterocycles. The molecule has 0 bridgehead atoms. The molecule has 0 radical (unpaired) electrons. The first-order valence-corrected chi connectivity index (χ1v) is 9.99. The van der Waals surface area contributed by atoms with E-state index in [-0.39, 0.29) is 35.7 Å². The molecule has 1 N–H and O–H groups in total. The molecule has 0 spiro atoms. The second-order valence-electron chi connectivity index (χ2n) is 8.64. The van der Waals surface area contributed by atoms with Crippen molar-refractivity contribution in [3.05, 3.63) is 35.9 Å². The zero-order chi connectivity index (χ0) is 20.5. The van der Waals surface area contributed by atoms with Gasteiger partial charge in [-0.3, -0.25) is 14.9 Å². The van der Waals surface area contributed by atoms with Gasteiger partial charge in [0.2, 0.25) is 0 Å². The zero-order valence-corrected chi connectivity index (χ0v) is 17.3. The highest BCUT2D eigenvalue weighted by Gasteiger charge is 2.55. The van der Waals surface area contributed by atoms with Gasteiger partial charge in [-0.1, -0.05) is 44.2 Å². The monoisotopic (exact) mass is 389 g/mol. The molecule has 1 aromatic carbocycles. The summed E-state index contributed by atoms with van der Waals surface area (Å²) in [5, 5.41) is 3.39. The minimum absolute atomic E-state index is 0.0267. The summed E-state index contributed by atoms with van der Waals surface area (Å²) in [4.78, 5) is 25.6. The van der Waals surface area contributed by atoms with Gasteiger partial charge in [0.1, 0.15) is 11.8 Å². The van der Waals surface area contributed by atoms with E-state index < -0.39 is 17.7 Å². The van der Waals surface area contributed by atoms with Crippen molar-refractivity contribution in [2.24, 2.45) is 17.8 Å². The molecule has 5 atom stereocenters. The van der Waals surface area contributed by atoms with Gasteiger partial charge in [-0.2, -0.15) is 0 Å². The predicted octanol–water partition coefficient (Wildman–Crippen LogP) is 2.87. The van der Waals surface area contributed by atoms with E-state index in [4.69, 9.17) is 14.2 Å². The molecule has 6 heteroatoms. The minimum atomic E-state index is -0.733. The van der Waals surface area contributed by atoms with Crippen molar-refractivity contribution in [3.63, 3.8) is 0 Å². The van der Waals surface area contributed by atoms with Gasteiger partial charge in [0, 0.05) is 17.9 Å². The van der Waals surface area contributed by atoms with Crippen LogP contribution in [0.25, 0.3) is 0 Å². The van der Waals surface area contributed by atoms with E-state index >= 15 is 0 Å². The first-order valence-electron chi connectivity index (χ1n) is 9.99. The Morgan fingerprint density at radius 3 is 2.46 bits per heavy atom. The number of ether oxygens (including phenoxy) is 3. The Hall–Kier alpha value is -1.76. The smallest absolute Gasteiger partial charge is 0.323 e. The maximum atomic E-state index is 12.9. The molecular weight excluding hydrogens is 358 g/mol. The molecule has 0 saturated carbocycles. The predicted molar refractivity (Wildman–Crippen MR) is 104 cm³/mol. The number of ketones is 1. The standard InChI is InChI=1S/C22H31NO5/c1-13(2)11-26-21(25)20-18(16-12-27-22(4,5)28-16)17(14(3)24)19(23-20)15-9-7-6-8-10-15/h6-10,13,16-20,23H,11-12H2,1-5H3/t16-,17-,18-,19-,20-/m1/s1. The Labute approximate surface area is 166 Å². The summed E-state index contributed by atoms with van der Waals surface area (Å²) < 4.78 is 17.4. The average molecular weight is 389 g/mol. The number of hydrogen-bond donors (Lipinski definition) is 1. The van der Waals surface area contributed by atoms with Gasteiger partial charge in [-0.05, 0) is 32.3 Å². The third-order valence-corrected chi connectivity index (χ3v) is 5.42. The number of benzene rings is 1. The zero-order valence-electron chi connectivity index (χ0n) is 17.3. The molecule has 0 amide bonds. The second kappa shape index (κ2) is 8.31. The highest BCUT2D eigenvalue weighted by molar-refractivity contribution is 5.84. The van der Waals surface area contributed by atoms with E-state index in [1.807, 2.05) is 58.0 Å². The SMILES string of the molecule is CC(=O)[C@@H]1[C@@H]([C@H]2COC(C)(C)O2)[C@H](C(=O)OCC(C)C)N[C@@H]1c1ccccc1. The summed E-state index contributed by atoms with van der Waals surface area (Å²) in [5.41, 5.74) is 0.977. The Bertz CT molecular complexity index is 702. The van der Waals surface area contributed by atoms with Crippen LogP contribution in [0.4, 0.5) is 0 Å². The Morgan fingerprint density at radius 2 is 1.93 bits per heavy atom. The molecule has 1 aromatic rings. The van der Waals surface area contributed by atoms with Gasteiger partial charge in [0.15, 0.2) is 5.79 Å². The Balaban J connectivity index is 1.93. The molecule has 3 rings (SSSR count). The molecule has 0 aromatic heterocycles. The van der Waals surface area contributed by atoms with Crippen LogP contribution in [0.1, 0.15) is 46.2 Å². The lowest BCUT2D eigenvalue weighted by Crippen LogP contribution is -2.45. The van der Waals surface area contributed by atoms with E-state index in [1.165, 1.54) is 0 Å². The molecular formula is C22H31NO5. The van der Waals surface area contributed by atoms with Gasteiger partial charge in [-0.15, -0.1) is 0 Å². The van der Waals surface area contributed by atoms with Crippen molar-refractivity contribution in [2.75, 3.05) is 13.2 Å². The Morgan fingerprint density at radius 1 is 1.25 bits per heavy atom. The quantitative estimate of drug-likeness (QED) is 0.754. The summed E-state index contributed by atoms with van der Waals surface area (Å²) in [6, 6.07) is 8.86. The van der Waals surface area contributed by atoms with Crippen molar-refractivity contribution < 1.29 is 23.8 Å². The fourth-order valence-corrected chi connectivity index (χ4v) is 4.22. The third-order valence-electron chi connectivity index (χ3n) is 5.42. The van der Waals surface area contributed by atoms with Crippen molar-refractivity contribution in [2.45, 2.75) is 58.6 Å². The van der Waals surface area contributed by atoms with Crippen molar-refractivity contribution >= 4 is 11.8 Å². The van der Waals surface area contributed by atoms with E-state index in [9.17, 15) is 9.59 Å². The number of hydrogen-bond acceptors (Lipinski definition) is 6. The molecule has 2 heterocycles. The van der Waals surface area contributed by atoms with Crippen LogP contribution in [-0.4, -0.2) is 42.9 Å². The van der Waals surface area contributed by atoms with E-state index in [2.05, 4.69) is 5.32 Å². The number of carbonyl (C=O) groups excluding carboxylic acids is 2. The van der Waals surface area contributed by atoms with Crippen LogP contribution in [0.5, 0.6) is 0 Å². The second-order valence-corrected chi connectivity index (χ2v) is 8.64. The van der Waals surface area contributed by atoms with Crippen molar-refractivity contribution in [1.82, 2.24) is 5.32 Å². The fraction of sp³-hybridized carbons (Fsp3) is 0.636. The Kier molecular flexibility index (Phi) is 6.22.